The van der Waals surface area contributed by atoms with E-state index < -0.39 is 52.4 Å². The van der Waals surface area contributed by atoms with Gasteiger partial charge in [0.2, 0.25) is 11.8 Å². The number of amides is 4. The third kappa shape index (κ3) is 4.31. The first-order valence-electron chi connectivity index (χ1n) is 15.7. The molecule has 0 aromatic heterocycles. The molecule has 6 unspecified atom stereocenters. The number of phenolic OH excluding ortho intramolecular Hbond substituents is 1. The summed E-state index contributed by atoms with van der Waals surface area (Å²) in [6, 6.07) is 21.9. The Hall–Kier alpha value is -4.24. The minimum atomic E-state index is -1.43. The fourth-order valence-electron chi connectivity index (χ4n) is 8.51. The topological polar surface area (TPSA) is 107 Å². The number of allylic oxidation sites excluding steroid dienone is 2. The van der Waals surface area contributed by atoms with Crippen LogP contribution in [0.3, 0.4) is 0 Å². The van der Waals surface area contributed by atoms with E-state index in [-0.39, 0.29) is 24.0 Å². The summed E-state index contributed by atoms with van der Waals surface area (Å²) in [5, 5.41) is 12.6. The summed E-state index contributed by atoms with van der Waals surface area (Å²) in [5.74, 6) is -4.64. The van der Waals surface area contributed by atoms with E-state index in [1.165, 1.54) is 4.90 Å². The Kier molecular flexibility index (Phi) is 7.05. The molecule has 2 saturated heterocycles. The highest BCUT2D eigenvalue weighted by molar-refractivity contribution is 9.10. The quantitative estimate of drug-likeness (QED) is 0.249. The third-order valence-corrected chi connectivity index (χ3v) is 10.9. The smallest absolute Gasteiger partial charge is 0.260 e. The number of anilines is 1. The molecule has 9 heteroatoms. The van der Waals surface area contributed by atoms with Crippen LogP contribution in [0, 0.1) is 30.6 Å². The lowest BCUT2D eigenvalue weighted by molar-refractivity contribution is -0.146. The summed E-state index contributed by atoms with van der Waals surface area (Å²) in [6.07, 6.45) is 2.55. The number of phenols is 1. The average Bonchev–Trinajstić information content (AvgIpc) is 3.41. The number of benzene rings is 3. The number of carbonyl (C=O) groups excluding carboxylic acids is 4. The van der Waals surface area contributed by atoms with Gasteiger partial charge in [-0.2, -0.15) is 5.01 Å². The lowest BCUT2D eigenvalue weighted by Crippen LogP contribution is -2.53. The largest absolute Gasteiger partial charge is 0.508 e. The molecule has 236 valence electrons. The van der Waals surface area contributed by atoms with E-state index in [9.17, 15) is 19.5 Å². The van der Waals surface area contributed by atoms with Crippen LogP contribution in [0.15, 0.2) is 88.9 Å². The van der Waals surface area contributed by atoms with Gasteiger partial charge in [0.25, 0.3) is 11.8 Å². The Morgan fingerprint density at radius 3 is 2.26 bits per heavy atom. The number of hydrogen-bond acceptors (Lipinski definition) is 6. The van der Waals surface area contributed by atoms with Gasteiger partial charge in [-0.05, 0) is 82.3 Å². The molecule has 3 fully saturated rings. The van der Waals surface area contributed by atoms with Gasteiger partial charge in [0, 0.05) is 21.5 Å². The van der Waals surface area contributed by atoms with E-state index in [0.717, 1.165) is 16.1 Å². The van der Waals surface area contributed by atoms with E-state index in [2.05, 4.69) is 21.4 Å². The number of likely N-dealkylation sites (tertiary alicyclic amines) is 1. The summed E-state index contributed by atoms with van der Waals surface area (Å²) in [7, 11) is 0. The first-order chi connectivity index (χ1) is 21.9. The number of hydrazine groups is 1. The average molecular weight is 683 g/mol. The zero-order valence-corrected chi connectivity index (χ0v) is 27.7. The molecular weight excluding hydrogens is 646 g/mol. The van der Waals surface area contributed by atoms with Crippen molar-refractivity contribution in [2.24, 2.45) is 23.7 Å². The van der Waals surface area contributed by atoms with E-state index in [1.54, 1.807) is 18.2 Å². The minimum Gasteiger partial charge on any atom is -0.508 e. The molecule has 3 aromatic rings. The Labute approximate surface area is 276 Å². The van der Waals surface area contributed by atoms with E-state index in [1.807, 2.05) is 88.4 Å². The molecule has 6 atom stereocenters. The maximum Gasteiger partial charge on any atom is 0.260 e. The highest BCUT2D eigenvalue weighted by Crippen LogP contribution is 2.65. The van der Waals surface area contributed by atoms with Crippen molar-refractivity contribution in [3.8, 4) is 5.75 Å². The van der Waals surface area contributed by atoms with Crippen molar-refractivity contribution in [3.63, 3.8) is 0 Å². The molecule has 1 saturated carbocycles. The van der Waals surface area contributed by atoms with Gasteiger partial charge >= 0.3 is 0 Å². The van der Waals surface area contributed by atoms with Gasteiger partial charge < -0.3 is 5.11 Å². The molecule has 2 heterocycles. The normalized spacial score (nSPS) is 29.0. The van der Waals surface area contributed by atoms with Gasteiger partial charge in [-0.15, -0.1) is 0 Å². The lowest BCUT2D eigenvalue weighted by atomic mass is 9.49. The second-order valence-electron chi connectivity index (χ2n) is 14.0. The van der Waals surface area contributed by atoms with Crippen LogP contribution in [0.25, 0.3) is 0 Å². The molecule has 4 amide bonds. The Balaban J connectivity index is 1.46. The van der Waals surface area contributed by atoms with Gasteiger partial charge in [-0.1, -0.05) is 75.6 Å². The zero-order chi connectivity index (χ0) is 32.7. The number of hydrogen-bond donors (Lipinski definition) is 2. The number of fused-ring (bicyclic) bond motifs is 4. The van der Waals surface area contributed by atoms with Crippen molar-refractivity contribution in [2.45, 2.75) is 57.4 Å². The van der Waals surface area contributed by atoms with E-state index in [4.69, 9.17) is 0 Å². The first-order valence-corrected chi connectivity index (χ1v) is 16.5. The summed E-state index contributed by atoms with van der Waals surface area (Å²) < 4.78 is 0.703. The molecule has 3 aromatic carbocycles. The number of rotatable bonds is 4. The van der Waals surface area contributed by atoms with Crippen molar-refractivity contribution >= 4 is 45.2 Å². The van der Waals surface area contributed by atoms with Gasteiger partial charge in [0.1, 0.15) is 5.75 Å². The molecule has 0 bridgehead atoms. The molecule has 2 aliphatic heterocycles. The zero-order valence-electron chi connectivity index (χ0n) is 26.2. The fraction of sp³-hybridized carbons (Fsp3) is 0.351. The SMILES string of the molecule is Cc1ccc(NN2C(=O)C3CC4C(=CCC5C(=O)N(C(C)(C)C)C(=O)C54)C(c4cc(Br)ccc4O)C3(c3ccccc3)C2=O)cc1. The van der Waals surface area contributed by atoms with Crippen LogP contribution in [0.2, 0.25) is 0 Å². The highest BCUT2D eigenvalue weighted by Gasteiger charge is 2.70. The summed E-state index contributed by atoms with van der Waals surface area (Å²) in [5.41, 5.74) is 4.54. The number of aromatic hydroxyl groups is 1. The van der Waals surface area contributed by atoms with Crippen LogP contribution in [0.5, 0.6) is 5.75 Å². The van der Waals surface area contributed by atoms with E-state index >= 15 is 4.79 Å². The molecule has 2 aliphatic carbocycles. The van der Waals surface area contributed by atoms with Crippen LogP contribution in [-0.4, -0.2) is 44.2 Å². The minimum absolute atomic E-state index is 0.0127. The van der Waals surface area contributed by atoms with E-state index in [0.29, 0.717) is 27.7 Å². The molecule has 7 rings (SSSR count). The van der Waals surface area contributed by atoms with Crippen LogP contribution in [-0.2, 0) is 24.6 Å². The van der Waals surface area contributed by atoms with Crippen molar-refractivity contribution < 1.29 is 24.3 Å². The predicted molar refractivity (Wildman–Crippen MR) is 176 cm³/mol. The standard InChI is InChI=1S/C37H36BrN3O5/c1-20-10-13-23(14-11-20)39-41-33(44)28-19-26-24(15-16-25-30(26)34(45)40(32(25)43)36(2,3)4)31(27-18-22(38)12-17-29(27)42)37(28,35(41)46)21-8-6-5-7-9-21/h5-15,17-18,25-26,28,30-31,39,42H,16,19H2,1-4H3. The molecular formula is C37H36BrN3O5. The maximum absolute atomic E-state index is 15.1. The number of nitrogens with zero attached hydrogens (tertiary/aromatic N) is 2. The number of carbonyl (C=O) groups is 4. The number of imide groups is 2. The van der Waals surface area contributed by atoms with Gasteiger partial charge in [0.05, 0.1) is 28.9 Å². The monoisotopic (exact) mass is 681 g/mol. The van der Waals surface area contributed by atoms with Crippen LogP contribution >= 0.6 is 15.9 Å². The van der Waals surface area contributed by atoms with Crippen molar-refractivity contribution in [1.82, 2.24) is 9.91 Å². The fourth-order valence-corrected chi connectivity index (χ4v) is 8.89. The predicted octanol–water partition coefficient (Wildman–Crippen LogP) is 6.25. The molecule has 8 nitrogen and oxygen atoms in total. The summed E-state index contributed by atoms with van der Waals surface area (Å²) in [6.45, 7) is 7.52. The van der Waals surface area contributed by atoms with Crippen molar-refractivity contribution in [3.05, 3.63) is 106 Å². The van der Waals surface area contributed by atoms with Crippen LogP contribution in [0.1, 0.15) is 56.2 Å². The second kappa shape index (κ2) is 10.7. The number of halogens is 1. The maximum atomic E-state index is 15.1. The Morgan fingerprint density at radius 1 is 0.891 bits per heavy atom. The molecule has 2 N–H and O–H groups in total. The van der Waals surface area contributed by atoms with Gasteiger partial charge in [-0.25, -0.2) is 0 Å². The molecule has 46 heavy (non-hydrogen) atoms. The van der Waals surface area contributed by atoms with Gasteiger partial charge in [0.15, 0.2) is 0 Å². The van der Waals surface area contributed by atoms with Gasteiger partial charge in [-0.3, -0.25) is 29.5 Å². The third-order valence-electron chi connectivity index (χ3n) is 10.4. The van der Waals surface area contributed by atoms with Crippen LogP contribution in [0.4, 0.5) is 5.69 Å². The summed E-state index contributed by atoms with van der Waals surface area (Å²) in [4.78, 5) is 59.1. The Morgan fingerprint density at radius 2 is 1.59 bits per heavy atom. The highest BCUT2D eigenvalue weighted by atomic mass is 79.9. The molecule has 0 radical (unpaired) electrons. The van der Waals surface area contributed by atoms with Crippen LogP contribution < -0.4 is 5.43 Å². The number of nitrogens with one attached hydrogen (secondary N) is 1. The number of aryl methyl sites for hydroxylation is 1. The molecule has 4 aliphatic rings. The summed E-state index contributed by atoms with van der Waals surface area (Å²) >= 11 is 3.57. The lowest BCUT2D eigenvalue weighted by Gasteiger charge is -2.50. The van der Waals surface area contributed by atoms with Crippen molar-refractivity contribution in [2.75, 3.05) is 5.43 Å². The van der Waals surface area contributed by atoms with Crippen molar-refractivity contribution in [1.29, 1.82) is 0 Å². The second-order valence-corrected chi connectivity index (χ2v) is 14.9. The first kappa shape index (κ1) is 30.4. The molecule has 0 spiro atoms. The Bertz CT molecular complexity index is 1810.